The molecule has 0 radical (unpaired) electrons. The molecule has 94 valence electrons. The molecule has 0 amide bonds. The van der Waals surface area contributed by atoms with Crippen LogP contribution in [0.15, 0.2) is 54.9 Å². The molecule has 2 aromatic rings. The smallest absolute Gasteiger partial charge is 0.0270 e. The zero-order chi connectivity index (χ0) is 12.6. The van der Waals surface area contributed by atoms with Crippen molar-refractivity contribution >= 4 is 15.9 Å². The summed E-state index contributed by atoms with van der Waals surface area (Å²) < 4.78 is 0. The lowest BCUT2D eigenvalue weighted by molar-refractivity contribution is 0.700. The topological polar surface area (TPSA) is 12.9 Å². The lowest BCUT2D eigenvalue weighted by Crippen LogP contribution is -2.03. The van der Waals surface area contributed by atoms with E-state index in [1.54, 1.807) is 0 Å². The summed E-state index contributed by atoms with van der Waals surface area (Å²) in [5.74, 6) is 0. The molecular weight excluding hydrogens is 286 g/mol. The van der Waals surface area contributed by atoms with Crippen LogP contribution in [-0.2, 0) is 12.8 Å². The van der Waals surface area contributed by atoms with Crippen molar-refractivity contribution in [3.63, 3.8) is 0 Å². The molecule has 1 aromatic carbocycles. The molecule has 0 bridgehead atoms. The number of alkyl halides is 1. The molecule has 1 unspecified atom stereocenters. The first kappa shape index (κ1) is 13.3. The van der Waals surface area contributed by atoms with E-state index in [4.69, 9.17) is 0 Å². The second kappa shape index (κ2) is 7.32. The Morgan fingerprint density at radius 2 is 1.67 bits per heavy atom. The molecule has 18 heavy (non-hydrogen) atoms. The molecule has 0 spiro atoms. The van der Waals surface area contributed by atoms with Crippen LogP contribution in [0.5, 0.6) is 0 Å². The minimum absolute atomic E-state index is 0.559. The Bertz CT molecular complexity index is 441. The maximum Gasteiger partial charge on any atom is 0.0270 e. The van der Waals surface area contributed by atoms with Gasteiger partial charge in [0.15, 0.2) is 0 Å². The molecule has 0 fully saturated rings. The average Bonchev–Trinajstić information content (AvgIpc) is 2.41. The van der Waals surface area contributed by atoms with E-state index in [2.05, 4.69) is 63.4 Å². The summed E-state index contributed by atoms with van der Waals surface area (Å²) in [6.07, 6.45) is 8.40. The third kappa shape index (κ3) is 4.61. The number of rotatable bonds is 6. The van der Waals surface area contributed by atoms with E-state index in [0.717, 1.165) is 6.42 Å². The van der Waals surface area contributed by atoms with Gasteiger partial charge in [-0.3, -0.25) is 4.98 Å². The second-order valence-electron chi connectivity index (χ2n) is 4.53. The van der Waals surface area contributed by atoms with Crippen LogP contribution in [0.4, 0.5) is 0 Å². The molecule has 2 rings (SSSR count). The monoisotopic (exact) mass is 303 g/mol. The van der Waals surface area contributed by atoms with Crippen LogP contribution in [0.25, 0.3) is 0 Å². The summed E-state index contributed by atoms with van der Waals surface area (Å²) >= 11 is 3.77. The fraction of sp³-hybridized carbons (Fsp3) is 0.312. The van der Waals surface area contributed by atoms with Gasteiger partial charge in [-0.15, -0.1) is 0 Å². The van der Waals surface area contributed by atoms with Gasteiger partial charge in [0.1, 0.15) is 0 Å². The summed E-state index contributed by atoms with van der Waals surface area (Å²) in [6, 6.07) is 14.9. The first-order valence-electron chi connectivity index (χ1n) is 6.41. The van der Waals surface area contributed by atoms with E-state index >= 15 is 0 Å². The van der Waals surface area contributed by atoms with Crippen molar-refractivity contribution in [2.45, 2.75) is 30.5 Å². The summed E-state index contributed by atoms with van der Waals surface area (Å²) in [4.78, 5) is 4.60. The highest BCUT2D eigenvalue weighted by Crippen LogP contribution is 2.16. The van der Waals surface area contributed by atoms with Crippen molar-refractivity contribution in [3.05, 3.63) is 66.0 Å². The molecule has 2 heteroatoms. The van der Waals surface area contributed by atoms with E-state index in [0.29, 0.717) is 4.83 Å². The number of benzene rings is 1. The van der Waals surface area contributed by atoms with Crippen LogP contribution in [0.2, 0.25) is 0 Å². The van der Waals surface area contributed by atoms with Crippen LogP contribution in [-0.4, -0.2) is 9.81 Å². The van der Waals surface area contributed by atoms with Gasteiger partial charge in [0.25, 0.3) is 0 Å². The second-order valence-corrected chi connectivity index (χ2v) is 5.83. The van der Waals surface area contributed by atoms with Crippen LogP contribution in [0.1, 0.15) is 24.0 Å². The number of hydrogen-bond donors (Lipinski definition) is 0. The standard InChI is InChI=1S/C16H18BrN/c17-16(13-15-9-11-18-12-10-15)8-4-7-14-5-2-1-3-6-14/h1-3,5-6,9-12,16H,4,7-8,13H2. The van der Waals surface area contributed by atoms with Crippen molar-refractivity contribution in [1.82, 2.24) is 4.98 Å². The number of nitrogens with zero attached hydrogens (tertiary/aromatic N) is 1. The lowest BCUT2D eigenvalue weighted by Gasteiger charge is -2.09. The highest BCUT2D eigenvalue weighted by Gasteiger charge is 2.05. The maximum atomic E-state index is 4.04. The zero-order valence-corrected chi connectivity index (χ0v) is 12.0. The largest absolute Gasteiger partial charge is 0.265 e. The van der Waals surface area contributed by atoms with Gasteiger partial charge < -0.3 is 0 Å². The number of aryl methyl sites for hydroxylation is 1. The molecule has 0 aliphatic heterocycles. The first-order chi connectivity index (χ1) is 8.84. The van der Waals surface area contributed by atoms with Crippen molar-refractivity contribution < 1.29 is 0 Å². The number of hydrogen-bond acceptors (Lipinski definition) is 1. The van der Waals surface area contributed by atoms with Crippen molar-refractivity contribution in [3.8, 4) is 0 Å². The highest BCUT2D eigenvalue weighted by molar-refractivity contribution is 9.09. The lowest BCUT2D eigenvalue weighted by atomic mass is 10.0. The molecule has 0 aliphatic rings. The van der Waals surface area contributed by atoms with E-state index < -0.39 is 0 Å². The normalized spacial score (nSPS) is 12.3. The van der Waals surface area contributed by atoms with Crippen LogP contribution < -0.4 is 0 Å². The Hall–Kier alpha value is -1.15. The van der Waals surface area contributed by atoms with E-state index in [9.17, 15) is 0 Å². The Kier molecular flexibility index (Phi) is 5.40. The molecule has 1 aromatic heterocycles. The third-order valence-electron chi connectivity index (χ3n) is 3.03. The molecule has 0 N–H and O–H groups in total. The van der Waals surface area contributed by atoms with Gasteiger partial charge in [-0.05, 0) is 48.9 Å². The average molecular weight is 304 g/mol. The number of aromatic nitrogens is 1. The predicted molar refractivity (Wildman–Crippen MR) is 80.0 cm³/mol. The fourth-order valence-electron chi connectivity index (χ4n) is 2.05. The third-order valence-corrected chi connectivity index (χ3v) is 3.81. The summed E-state index contributed by atoms with van der Waals surface area (Å²) in [5.41, 5.74) is 2.78. The van der Waals surface area contributed by atoms with Gasteiger partial charge in [0.05, 0.1) is 0 Å². The molecule has 0 saturated carbocycles. The van der Waals surface area contributed by atoms with Gasteiger partial charge in [0, 0.05) is 17.2 Å². The molecular formula is C16H18BrN. The highest BCUT2D eigenvalue weighted by atomic mass is 79.9. The van der Waals surface area contributed by atoms with Crippen LogP contribution >= 0.6 is 15.9 Å². The van der Waals surface area contributed by atoms with Gasteiger partial charge in [-0.2, -0.15) is 0 Å². The van der Waals surface area contributed by atoms with Gasteiger partial charge >= 0.3 is 0 Å². The van der Waals surface area contributed by atoms with Gasteiger partial charge in [-0.1, -0.05) is 46.3 Å². The maximum absolute atomic E-state index is 4.04. The Labute approximate surface area is 117 Å². The fourth-order valence-corrected chi connectivity index (χ4v) is 2.75. The first-order valence-corrected chi connectivity index (χ1v) is 7.33. The predicted octanol–water partition coefficient (Wildman–Crippen LogP) is 4.41. The Balaban J connectivity index is 1.71. The Morgan fingerprint density at radius 3 is 2.39 bits per heavy atom. The Morgan fingerprint density at radius 1 is 0.944 bits per heavy atom. The van der Waals surface area contributed by atoms with Crippen molar-refractivity contribution in [1.29, 1.82) is 0 Å². The van der Waals surface area contributed by atoms with Crippen LogP contribution in [0, 0.1) is 0 Å². The minimum Gasteiger partial charge on any atom is -0.265 e. The summed E-state index contributed by atoms with van der Waals surface area (Å²) in [7, 11) is 0. The van der Waals surface area contributed by atoms with E-state index in [-0.39, 0.29) is 0 Å². The van der Waals surface area contributed by atoms with Crippen molar-refractivity contribution in [2.75, 3.05) is 0 Å². The minimum atomic E-state index is 0.559. The zero-order valence-electron chi connectivity index (χ0n) is 10.4. The molecule has 1 atom stereocenters. The van der Waals surface area contributed by atoms with Gasteiger partial charge in [-0.25, -0.2) is 0 Å². The molecule has 0 saturated heterocycles. The van der Waals surface area contributed by atoms with E-state index in [1.165, 1.54) is 30.4 Å². The summed E-state index contributed by atoms with van der Waals surface area (Å²) in [5, 5.41) is 0. The SMILES string of the molecule is BrC(CCCc1ccccc1)Cc1ccncc1. The molecule has 0 aliphatic carbocycles. The summed E-state index contributed by atoms with van der Waals surface area (Å²) in [6.45, 7) is 0. The number of halogens is 1. The molecule has 1 nitrogen and oxygen atoms in total. The quantitative estimate of drug-likeness (QED) is 0.720. The molecule has 1 heterocycles. The van der Waals surface area contributed by atoms with Crippen molar-refractivity contribution in [2.24, 2.45) is 0 Å². The van der Waals surface area contributed by atoms with E-state index in [1.807, 2.05) is 12.4 Å². The van der Waals surface area contributed by atoms with Crippen LogP contribution in [0.3, 0.4) is 0 Å². The number of pyridine rings is 1. The van der Waals surface area contributed by atoms with Gasteiger partial charge in [0.2, 0.25) is 0 Å².